The third kappa shape index (κ3) is 3.57. The van der Waals surface area contributed by atoms with E-state index in [1.165, 1.54) is 30.3 Å². The Balaban J connectivity index is 1.86. The molecule has 6 heteroatoms. The second-order valence-electron chi connectivity index (χ2n) is 6.05. The van der Waals surface area contributed by atoms with Crippen LogP contribution in [0.5, 0.6) is 0 Å². The van der Waals surface area contributed by atoms with Gasteiger partial charge < -0.3 is 4.90 Å². The predicted octanol–water partition coefficient (Wildman–Crippen LogP) is 4.12. The number of nitro groups is 1. The van der Waals surface area contributed by atoms with Crippen molar-refractivity contribution < 1.29 is 14.1 Å². The van der Waals surface area contributed by atoms with Crippen LogP contribution in [-0.4, -0.2) is 16.9 Å². The highest BCUT2D eigenvalue weighted by Gasteiger charge is 2.27. The van der Waals surface area contributed by atoms with E-state index in [1.54, 1.807) is 29.2 Å². The molecule has 0 spiro atoms. The molecule has 0 saturated heterocycles. The zero-order valence-electron chi connectivity index (χ0n) is 13.7. The average Bonchev–Trinajstić information content (AvgIpc) is 2.60. The Bertz CT molecular complexity index is 863. The van der Waals surface area contributed by atoms with Crippen molar-refractivity contribution in [2.45, 2.75) is 25.8 Å². The number of benzene rings is 2. The first-order valence-corrected chi connectivity index (χ1v) is 8.00. The molecule has 0 N–H and O–H groups in total. The van der Waals surface area contributed by atoms with Gasteiger partial charge in [-0.3, -0.25) is 14.9 Å². The summed E-state index contributed by atoms with van der Waals surface area (Å²) in [6.45, 7) is 1.95. The van der Waals surface area contributed by atoms with Gasteiger partial charge in [0.1, 0.15) is 5.82 Å². The van der Waals surface area contributed by atoms with Crippen LogP contribution in [0, 0.1) is 15.9 Å². The monoisotopic (exact) mass is 340 g/mol. The highest BCUT2D eigenvalue weighted by atomic mass is 19.1. The van der Waals surface area contributed by atoms with Gasteiger partial charge in [-0.15, -0.1) is 0 Å². The van der Waals surface area contributed by atoms with E-state index >= 15 is 0 Å². The van der Waals surface area contributed by atoms with Gasteiger partial charge in [-0.2, -0.15) is 0 Å². The molecule has 1 atom stereocenters. The molecule has 5 nitrogen and oxygen atoms in total. The van der Waals surface area contributed by atoms with Gasteiger partial charge >= 0.3 is 0 Å². The topological polar surface area (TPSA) is 63.5 Å². The van der Waals surface area contributed by atoms with Crippen LogP contribution in [-0.2, 0) is 11.2 Å². The van der Waals surface area contributed by atoms with E-state index in [0.29, 0.717) is 11.3 Å². The zero-order valence-corrected chi connectivity index (χ0v) is 13.7. The normalized spacial score (nSPS) is 16.7. The van der Waals surface area contributed by atoms with E-state index in [-0.39, 0.29) is 23.5 Å². The van der Waals surface area contributed by atoms with E-state index in [2.05, 4.69) is 0 Å². The Hall–Kier alpha value is -3.02. The highest BCUT2D eigenvalue weighted by Crippen LogP contribution is 2.31. The van der Waals surface area contributed by atoms with Crippen molar-refractivity contribution in [3.8, 4) is 0 Å². The van der Waals surface area contributed by atoms with Crippen molar-refractivity contribution in [2.24, 2.45) is 0 Å². The smallest absolute Gasteiger partial charge is 0.270 e. The molecule has 0 fully saturated rings. The summed E-state index contributed by atoms with van der Waals surface area (Å²) in [5.74, 6) is -0.542. The van der Waals surface area contributed by atoms with Crippen molar-refractivity contribution >= 4 is 23.4 Å². The first-order chi connectivity index (χ1) is 12.0. The first-order valence-electron chi connectivity index (χ1n) is 8.00. The Kier molecular flexibility index (Phi) is 4.61. The van der Waals surface area contributed by atoms with Crippen molar-refractivity contribution in [1.82, 2.24) is 0 Å². The summed E-state index contributed by atoms with van der Waals surface area (Å²) in [7, 11) is 0. The zero-order chi connectivity index (χ0) is 18.0. The van der Waals surface area contributed by atoms with Crippen molar-refractivity contribution in [1.29, 1.82) is 0 Å². The van der Waals surface area contributed by atoms with Crippen LogP contribution in [0.4, 0.5) is 15.8 Å². The molecule has 25 heavy (non-hydrogen) atoms. The molecule has 2 aromatic rings. The van der Waals surface area contributed by atoms with Gasteiger partial charge in [0.25, 0.3) is 11.6 Å². The number of nitro benzene ring substituents is 1. The van der Waals surface area contributed by atoms with Crippen LogP contribution >= 0.6 is 0 Å². The number of nitrogens with zero attached hydrogens (tertiary/aromatic N) is 2. The van der Waals surface area contributed by atoms with Crippen molar-refractivity contribution in [2.75, 3.05) is 4.90 Å². The third-order valence-electron chi connectivity index (χ3n) is 4.31. The van der Waals surface area contributed by atoms with Crippen LogP contribution in [0.1, 0.15) is 24.5 Å². The fourth-order valence-corrected chi connectivity index (χ4v) is 3.05. The minimum absolute atomic E-state index is 0.000204. The molecular formula is C19H17FN2O3. The number of carbonyl (C=O) groups excluding carboxylic acids is 1. The summed E-state index contributed by atoms with van der Waals surface area (Å²) in [5, 5.41) is 10.8. The van der Waals surface area contributed by atoms with Crippen LogP contribution in [0.3, 0.4) is 0 Å². The standard InChI is InChI=1S/C19H17FN2O3/c1-13-5-7-15-12-16(20)8-9-18(15)21(13)19(23)10-6-14-3-2-4-17(11-14)22(24)25/h2-4,6,8-13H,5,7H2,1H3/b10-6-/t13-/m1/s1. The van der Waals surface area contributed by atoms with Crippen LogP contribution < -0.4 is 4.90 Å². The van der Waals surface area contributed by atoms with Crippen molar-refractivity contribution in [3.63, 3.8) is 0 Å². The molecule has 128 valence electrons. The molecule has 3 rings (SSSR count). The lowest BCUT2D eigenvalue weighted by molar-refractivity contribution is -0.384. The summed E-state index contributed by atoms with van der Waals surface area (Å²) >= 11 is 0. The van der Waals surface area contributed by atoms with E-state index in [1.807, 2.05) is 6.92 Å². The number of rotatable bonds is 3. The lowest BCUT2D eigenvalue weighted by Gasteiger charge is -2.34. The Labute approximate surface area is 144 Å². The molecular weight excluding hydrogens is 323 g/mol. The molecule has 1 amide bonds. The Morgan fingerprint density at radius 1 is 1.32 bits per heavy atom. The summed E-state index contributed by atoms with van der Waals surface area (Å²) in [6, 6.07) is 10.5. The maximum absolute atomic E-state index is 13.4. The van der Waals surface area contributed by atoms with Gasteiger partial charge in [-0.1, -0.05) is 12.1 Å². The predicted molar refractivity (Wildman–Crippen MR) is 93.8 cm³/mol. The highest BCUT2D eigenvalue weighted by molar-refractivity contribution is 6.05. The van der Waals surface area contributed by atoms with E-state index in [0.717, 1.165) is 18.4 Å². The average molecular weight is 340 g/mol. The maximum atomic E-state index is 13.4. The number of anilines is 1. The van der Waals surface area contributed by atoms with Crippen LogP contribution in [0.25, 0.3) is 6.08 Å². The number of hydrogen-bond donors (Lipinski definition) is 0. The minimum Gasteiger partial charge on any atom is -0.306 e. The fraction of sp³-hybridized carbons (Fsp3) is 0.211. The van der Waals surface area contributed by atoms with E-state index in [4.69, 9.17) is 0 Å². The number of fused-ring (bicyclic) bond motifs is 1. The SMILES string of the molecule is C[C@@H]1CCc2cc(F)ccc2N1C(=O)/C=C\c1cccc([N+](=O)[O-])c1. The molecule has 0 aliphatic carbocycles. The third-order valence-corrected chi connectivity index (χ3v) is 4.31. The minimum atomic E-state index is -0.476. The summed E-state index contributed by atoms with van der Waals surface area (Å²) < 4.78 is 13.4. The Morgan fingerprint density at radius 2 is 2.12 bits per heavy atom. The molecule has 0 radical (unpaired) electrons. The van der Waals surface area contributed by atoms with Gasteiger partial charge in [0.2, 0.25) is 0 Å². The lowest BCUT2D eigenvalue weighted by Crippen LogP contribution is -2.41. The largest absolute Gasteiger partial charge is 0.306 e. The summed E-state index contributed by atoms with van der Waals surface area (Å²) in [6.07, 6.45) is 4.44. The molecule has 0 unspecified atom stereocenters. The van der Waals surface area contributed by atoms with E-state index in [9.17, 15) is 19.3 Å². The molecule has 0 aromatic heterocycles. The van der Waals surface area contributed by atoms with E-state index < -0.39 is 4.92 Å². The van der Waals surface area contributed by atoms with Gasteiger partial charge in [-0.05, 0) is 55.2 Å². The second-order valence-corrected chi connectivity index (χ2v) is 6.05. The number of aryl methyl sites for hydroxylation is 1. The quantitative estimate of drug-likeness (QED) is 0.480. The fourth-order valence-electron chi connectivity index (χ4n) is 3.05. The van der Waals surface area contributed by atoms with Crippen molar-refractivity contribution in [3.05, 3.63) is 75.6 Å². The number of hydrogen-bond acceptors (Lipinski definition) is 3. The number of halogens is 1. The molecule has 1 aliphatic rings. The lowest BCUT2D eigenvalue weighted by atomic mass is 9.96. The number of amides is 1. The van der Waals surface area contributed by atoms with Crippen LogP contribution in [0.2, 0.25) is 0 Å². The van der Waals surface area contributed by atoms with Gasteiger partial charge in [-0.25, -0.2) is 4.39 Å². The molecule has 0 saturated carbocycles. The number of carbonyl (C=O) groups is 1. The molecule has 1 heterocycles. The maximum Gasteiger partial charge on any atom is 0.270 e. The van der Waals surface area contributed by atoms with Gasteiger partial charge in [0, 0.05) is 29.9 Å². The number of non-ortho nitro benzene ring substituents is 1. The first kappa shape index (κ1) is 16.8. The molecule has 2 aromatic carbocycles. The molecule has 0 bridgehead atoms. The second kappa shape index (κ2) is 6.84. The summed E-state index contributed by atoms with van der Waals surface area (Å²) in [5.41, 5.74) is 2.08. The van der Waals surface area contributed by atoms with Crippen LogP contribution in [0.15, 0.2) is 48.5 Å². The summed E-state index contributed by atoms with van der Waals surface area (Å²) in [4.78, 5) is 24.7. The Morgan fingerprint density at radius 3 is 2.88 bits per heavy atom. The molecule has 1 aliphatic heterocycles. The van der Waals surface area contributed by atoms with Gasteiger partial charge in [0.05, 0.1) is 4.92 Å². The van der Waals surface area contributed by atoms with Gasteiger partial charge in [0.15, 0.2) is 0 Å².